The first-order chi connectivity index (χ1) is 8.49. The number of amides is 1. The number of benzene rings is 1. The summed E-state index contributed by atoms with van der Waals surface area (Å²) in [5.41, 5.74) is 7.27. The number of carbonyl (C=O) groups excluding carboxylic acids is 1. The average Bonchev–Trinajstić information content (AvgIpc) is 2.64. The number of aryl methyl sites for hydroxylation is 1. The smallest absolute Gasteiger partial charge is 0.256 e. The van der Waals surface area contributed by atoms with Crippen molar-refractivity contribution in [3.8, 4) is 0 Å². The first kappa shape index (κ1) is 12.1. The molecule has 1 aromatic carbocycles. The number of nitrogens with two attached hydrogens (primary N) is 1. The Bertz CT molecular complexity index is 606. The van der Waals surface area contributed by atoms with Gasteiger partial charge in [-0.25, -0.2) is 4.39 Å². The molecule has 0 radical (unpaired) electrons. The quantitative estimate of drug-likeness (QED) is 0.711. The fourth-order valence-corrected chi connectivity index (χ4v) is 1.45. The third kappa shape index (κ3) is 2.17. The fourth-order valence-electron chi connectivity index (χ4n) is 1.45. The van der Waals surface area contributed by atoms with E-state index in [1.165, 1.54) is 12.1 Å². The molecule has 0 spiro atoms. The molecule has 1 amide bonds. The molecular weight excluding hydrogens is 235 g/mol. The Morgan fingerprint density at radius 2 is 2.17 bits per heavy atom. The van der Waals surface area contributed by atoms with Gasteiger partial charge in [0, 0.05) is 16.8 Å². The number of halogens is 1. The van der Waals surface area contributed by atoms with Crippen molar-refractivity contribution < 1.29 is 9.18 Å². The Morgan fingerprint density at radius 3 is 2.72 bits per heavy atom. The summed E-state index contributed by atoms with van der Waals surface area (Å²) in [6, 6.07) is 3.91. The second-order valence-corrected chi connectivity index (χ2v) is 4.01. The van der Waals surface area contributed by atoms with Crippen LogP contribution in [0.3, 0.4) is 0 Å². The van der Waals surface area contributed by atoms with E-state index in [-0.39, 0.29) is 11.3 Å². The van der Waals surface area contributed by atoms with Crippen LogP contribution in [0.1, 0.15) is 21.6 Å². The lowest BCUT2D eigenvalue weighted by atomic mass is 10.2. The zero-order valence-corrected chi connectivity index (χ0v) is 10.0. The van der Waals surface area contributed by atoms with Crippen molar-refractivity contribution >= 4 is 17.4 Å². The second kappa shape index (κ2) is 4.48. The van der Waals surface area contributed by atoms with Crippen LogP contribution in [0.4, 0.5) is 15.9 Å². The number of hydrogen-bond acceptors (Lipinski definition) is 3. The van der Waals surface area contributed by atoms with Crippen LogP contribution < -0.4 is 11.1 Å². The molecule has 0 saturated carbocycles. The third-order valence-electron chi connectivity index (χ3n) is 2.75. The van der Waals surface area contributed by atoms with E-state index in [0.717, 1.165) is 17.3 Å². The average molecular weight is 248 g/mol. The number of carbonyl (C=O) groups is 1. The number of nitrogens with one attached hydrogen (secondary N) is 2. The minimum atomic E-state index is -0.613. The molecule has 0 unspecified atom stereocenters. The van der Waals surface area contributed by atoms with E-state index >= 15 is 0 Å². The SMILES string of the molecule is Cc1[nH]nc(NC(=O)c2ccc(N)c(F)c2)c1C. The van der Waals surface area contributed by atoms with Gasteiger partial charge in [0.25, 0.3) is 5.91 Å². The Labute approximate surface area is 103 Å². The topological polar surface area (TPSA) is 83.8 Å². The number of rotatable bonds is 2. The minimum Gasteiger partial charge on any atom is -0.396 e. The zero-order chi connectivity index (χ0) is 13.3. The molecule has 18 heavy (non-hydrogen) atoms. The van der Waals surface area contributed by atoms with Crippen molar-refractivity contribution in [1.82, 2.24) is 10.2 Å². The Balaban J connectivity index is 2.22. The van der Waals surface area contributed by atoms with Crippen molar-refractivity contribution in [2.75, 3.05) is 11.1 Å². The van der Waals surface area contributed by atoms with E-state index in [2.05, 4.69) is 15.5 Å². The summed E-state index contributed by atoms with van der Waals surface area (Å²) < 4.78 is 13.2. The Hall–Kier alpha value is -2.37. The van der Waals surface area contributed by atoms with Crippen LogP contribution >= 0.6 is 0 Å². The third-order valence-corrected chi connectivity index (χ3v) is 2.75. The van der Waals surface area contributed by atoms with Crippen molar-refractivity contribution in [2.24, 2.45) is 0 Å². The summed E-state index contributed by atoms with van der Waals surface area (Å²) in [5, 5.41) is 9.31. The maximum atomic E-state index is 13.2. The summed E-state index contributed by atoms with van der Waals surface area (Å²) in [6.07, 6.45) is 0. The molecule has 4 N–H and O–H groups in total. The van der Waals surface area contributed by atoms with Gasteiger partial charge in [0.2, 0.25) is 0 Å². The first-order valence-electron chi connectivity index (χ1n) is 5.37. The van der Waals surface area contributed by atoms with E-state index in [0.29, 0.717) is 5.82 Å². The van der Waals surface area contributed by atoms with E-state index in [9.17, 15) is 9.18 Å². The van der Waals surface area contributed by atoms with Gasteiger partial charge in [-0.05, 0) is 32.0 Å². The molecule has 2 aromatic rings. The van der Waals surface area contributed by atoms with E-state index in [1.807, 2.05) is 13.8 Å². The fraction of sp³-hybridized carbons (Fsp3) is 0.167. The summed E-state index contributed by atoms with van der Waals surface area (Å²) >= 11 is 0. The van der Waals surface area contributed by atoms with Crippen molar-refractivity contribution in [3.05, 3.63) is 40.8 Å². The molecular formula is C12H13FN4O. The highest BCUT2D eigenvalue weighted by atomic mass is 19.1. The van der Waals surface area contributed by atoms with Gasteiger partial charge in [-0.1, -0.05) is 0 Å². The van der Waals surface area contributed by atoms with Gasteiger partial charge < -0.3 is 11.1 Å². The standard InChI is InChI=1S/C12H13FN4O/c1-6-7(2)16-17-11(6)15-12(18)8-3-4-10(14)9(13)5-8/h3-5H,14H2,1-2H3,(H2,15,16,17,18). The molecule has 6 heteroatoms. The zero-order valence-electron chi connectivity index (χ0n) is 10.0. The lowest BCUT2D eigenvalue weighted by Gasteiger charge is -2.04. The van der Waals surface area contributed by atoms with E-state index < -0.39 is 11.7 Å². The van der Waals surface area contributed by atoms with Crippen LogP contribution in [0.15, 0.2) is 18.2 Å². The van der Waals surface area contributed by atoms with Crippen molar-refractivity contribution in [1.29, 1.82) is 0 Å². The Morgan fingerprint density at radius 1 is 1.44 bits per heavy atom. The highest BCUT2D eigenvalue weighted by Gasteiger charge is 2.12. The maximum Gasteiger partial charge on any atom is 0.256 e. The lowest BCUT2D eigenvalue weighted by molar-refractivity contribution is 0.102. The molecule has 0 saturated heterocycles. The maximum absolute atomic E-state index is 13.2. The molecule has 0 atom stereocenters. The Kier molecular flexibility index (Phi) is 3.01. The van der Waals surface area contributed by atoms with Crippen LogP contribution in [0.2, 0.25) is 0 Å². The molecule has 5 nitrogen and oxygen atoms in total. The molecule has 0 bridgehead atoms. The molecule has 0 aliphatic heterocycles. The monoisotopic (exact) mass is 248 g/mol. The molecule has 0 fully saturated rings. The molecule has 0 aliphatic rings. The van der Waals surface area contributed by atoms with Crippen molar-refractivity contribution in [3.63, 3.8) is 0 Å². The number of aromatic amines is 1. The molecule has 1 heterocycles. The highest BCUT2D eigenvalue weighted by molar-refractivity contribution is 6.04. The number of hydrogen-bond donors (Lipinski definition) is 3. The summed E-state index contributed by atoms with van der Waals surface area (Å²) in [4.78, 5) is 11.9. The first-order valence-corrected chi connectivity index (χ1v) is 5.37. The number of aromatic nitrogens is 2. The summed E-state index contributed by atoms with van der Waals surface area (Å²) in [6.45, 7) is 3.68. The molecule has 2 rings (SSSR count). The highest BCUT2D eigenvalue weighted by Crippen LogP contribution is 2.16. The predicted octanol–water partition coefficient (Wildman–Crippen LogP) is 2.00. The lowest BCUT2D eigenvalue weighted by Crippen LogP contribution is -2.13. The van der Waals surface area contributed by atoms with Gasteiger partial charge in [-0.2, -0.15) is 5.10 Å². The molecule has 94 valence electrons. The summed E-state index contributed by atoms with van der Waals surface area (Å²) in [7, 11) is 0. The minimum absolute atomic E-state index is 0.0124. The normalized spacial score (nSPS) is 10.4. The molecule has 1 aromatic heterocycles. The van der Waals surface area contributed by atoms with Crippen LogP contribution in [0, 0.1) is 19.7 Å². The number of nitrogen functional groups attached to an aromatic ring is 1. The number of H-pyrrole nitrogens is 1. The molecule has 0 aliphatic carbocycles. The van der Waals surface area contributed by atoms with Crippen LogP contribution in [-0.2, 0) is 0 Å². The van der Waals surface area contributed by atoms with Gasteiger partial charge in [0.15, 0.2) is 5.82 Å². The van der Waals surface area contributed by atoms with Gasteiger partial charge in [-0.15, -0.1) is 0 Å². The van der Waals surface area contributed by atoms with Crippen LogP contribution in [0.5, 0.6) is 0 Å². The summed E-state index contributed by atoms with van der Waals surface area (Å²) in [5.74, 6) is -0.601. The number of anilines is 2. The second-order valence-electron chi connectivity index (χ2n) is 4.01. The van der Waals surface area contributed by atoms with Gasteiger partial charge in [0.1, 0.15) is 5.82 Å². The van der Waals surface area contributed by atoms with Gasteiger partial charge in [-0.3, -0.25) is 9.89 Å². The van der Waals surface area contributed by atoms with Crippen LogP contribution in [0.25, 0.3) is 0 Å². The van der Waals surface area contributed by atoms with Gasteiger partial charge >= 0.3 is 0 Å². The van der Waals surface area contributed by atoms with Gasteiger partial charge in [0.05, 0.1) is 5.69 Å². The van der Waals surface area contributed by atoms with E-state index in [1.54, 1.807) is 0 Å². The van der Waals surface area contributed by atoms with Crippen molar-refractivity contribution in [2.45, 2.75) is 13.8 Å². The predicted molar refractivity (Wildman–Crippen MR) is 66.8 cm³/mol. The van der Waals surface area contributed by atoms with Crippen LogP contribution in [-0.4, -0.2) is 16.1 Å². The largest absolute Gasteiger partial charge is 0.396 e. The number of nitrogens with zero attached hydrogens (tertiary/aromatic N) is 1. The van der Waals surface area contributed by atoms with E-state index in [4.69, 9.17) is 5.73 Å².